The van der Waals surface area contributed by atoms with Crippen LogP contribution in [-0.4, -0.2) is 13.1 Å². The lowest BCUT2D eigenvalue weighted by Gasteiger charge is -2.14. The van der Waals surface area contributed by atoms with Crippen molar-refractivity contribution in [3.05, 3.63) is 34.4 Å². The summed E-state index contributed by atoms with van der Waals surface area (Å²) in [5.74, 6) is -0.824. The summed E-state index contributed by atoms with van der Waals surface area (Å²) >= 11 is 0. The lowest BCUT2D eigenvalue weighted by atomic mass is 9.97. The number of nitrogens with zero attached hydrogens (tertiary/aromatic N) is 1. The number of rotatable bonds is 2. The molecule has 96 valence electrons. The molecule has 0 unspecified atom stereocenters. The Morgan fingerprint density at radius 3 is 2.44 bits per heavy atom. The Hall–Kier alpha value is -2.03. The van der Waals surface area contributed by atoms with Gasteiger partial charge in [-0.3, -0.25) is 0 Å². The predicted octanol–water partition coefficient (Wildman–Crippen LogP) is 2.93. The minimum atomic E-state index is -4.55. The highest BCUT2D eigenvalue weighted by molar-refractivity contribution is 5.92. The van der Waals surface area contributed by atoms with Gasteiger partial charge in [-0.05, 0) is 24.1 Å². The Morgan fingerprint density at radius 1 is 1.44 bits per heavy atom. The number of aryl methyl sites for hydroxylation is 1. The minimum absolute atomic E-state index is 0.0399. The zero-order chi connectivity index (χ0) is 13.9. The van der Waals surface area contributed by atoms with Gasteiger partial charge in [-0.1, -0.05) is 6.92 Å². The molecule has 0 aliphatic heterocycles. The first-order valence-corrected chi connectivity index (χ1v) is 5.07. The fourth-order valence-corrected chi connectivity index (χ4v) is 1.57. The number of nitriles is 1. The number of halogens is 3. The van der Waals surface area contributed by atoms with E-state index in [-0.39, 0.29) is 23.1 Å². The average molecular weight is 257 g/mol. The zero-order valence-corrected chi connectivity index (χ0v) is 9.76. The van der Waals surface area contributed by atoms with Gasteiger partial charge in [-0.2, -0.15) is 18.4 Å². The van der Waals surface area contributed by atoms with Crippen LogP contribution in [0.5, 0.6) is 0 Å². The van der Waals surface area contributed by atoms with E-state index in [1.54, 1.807) is 6.07 Å². The van der Waals surface area contributed by atoms with Crippen LogP contribution in [-0.2, 0) is 17.3 Å². The molecule has 0 saturated heterocycles. The van der Waals surface area contributed by atoms with Gasteiger partial charge in [0, 0.05) is 0 Å². The normalized spacial score (nSPS) is 10.9. The SMILES string of the molecule is CCc1cc(C(=O)OC)c(C#N)cc1C(F)(F)F. The van der Waals surface area contributed by atoms with Crippen LogP contribution in [0.15, 0.2) is 12.1 Å². The number of methoxy groups -OCH3 is 1. The summed E-state index contributed by atoms with van der Waals surface area (Å²) < 4.78 is 42.7. The quantitative estimate of drug-likeness (QED) is 0.765. The van der Waals surface area contributed by atoms with Gasteiger partial charge in [0.05, 0.1) is 23.8 Å². The highest BCUT2D eigenvalue weighted by Gasteiger charge is 2.34. The van der Waals surface area contributed by atoms with E-state index in [9.17, 15) is 18.0 Å². The van der Waals surface area contributed by atoms with E-state index in [2.05, 4.69) is 4.74 Å². The number of carbonyl (C=O) groups is 1. The minimum Gasteiger partial charge on any atom is -0.465 e. The lowest BCUT2D eigenvalue weighted by Crippen LogP contribution is -2.13. The topological polar surface area (TPSA) is 50.1 Å². The molecule has 0 saturated carbocycles. The van der Waals surface area contributed by atoms with Gasteiger partial charge < -0.3 is 4.74 Å². The maximum atomic E-state index is 12.7. The Kier molecular flexibility index (Phi) is 3.96. The molecule has 6 heteroatoms. The number of alkyl halides is 3. The molecule has 0 radical (unpaired) electrons. The number of hydrogen-bond acceptors (Lipinski definition) is 3. The van der Waals surface area contributed by atoms with Crippen LogP contribution in [0.4, 0.5) is 13.2 Å². The molecular formula is C12H10F3NO2. The van der Waals surface area contributed by atoms with Crippen molar-refractivity contribution in [1.29, 1.82) is 5.26 Å². The summed E-state index contributed by atoms with van der Waals surface area (Å²) in [7, 11) is 1.10. The summed E-state index contributed by atoms with van der Waals surface area (Å²) in [5, 5.41) is 8.79. The molecule has 0 aromatic heterocycles. The largest absolute Gasteiger partial charge is 0.465 e. The number of ether oxygens (including phenoxy) is 1. The predicted molar refractivity (Wildman–Crippen MR) is 56.9 cm³/mol. The third-order valence-electron chi connectivity index (χ3n) is 2.46. The van der Waals surface area contributed by atoms with Crippen LogP contribution in [0.25, 0.3) is 0 Å². The molecule has 1 aromatic carbocycles. The molecule has 0 N–H and O–H groups in total. The molecule has 3 nitrogen and oxygen atoms in total. The Morgan fingerprint density at radius 2 is 2.06 bits per heavy atom. The van der Waals surface area contributed by atoms with Crippen molar-refractivity contribution >= 4 is 5.97 Å². The van der Waals surface area contributed by atoms with E-state index in [0.717, 1.165) is 13.2 Å². The van der Waals surface area contributed by atoms with Crippen LogP contribution in [0.1, 0.15) is 34.0 Å². The summed E-state index contributed by atoms with van der Waals surface area (Å²) in [6.07, 6.45) is -4.45. The first-order valence-electron chi connectivity index (χ1n) is 5.07. The smallest absolute Gasteiger partial charge is 0.416 e. The van der Waals surface area contributed by atoms with Gasteiger partial charge in [-0.15, -0.1) is 0 Å². The van der Waals surface area contributed by atoms with E-state index >= 15 is 0 Å². The first kappa shape index (κ1) is 14.0. The first-order chi connectivity index (χ1) is 8.35. The van der Waals surface area contributed by atoms with E-state index in [1.165, 1.54) is 6.92 Å². The molecule has 0 bridgehead atoms. The highest BCUT2D eigenvalue weighted by Crippen LogP contribution is 2.34. The second-order valence-corrected chi connectivity index (χ2v) is 3.51. The maximum Gasteiger partial charge on any atom is 0.416 e. The van der Waals surface area contributed by atoms with Crippen LogP contribution < -0.4 is 0 Å². The lowest BCUT2D eigenvalue weighted by molar-refractivity contribution is -0.138. The fourth-order valence-electron chi connectivity index (χ4n) is 1.57. The Bertz CT molecular complexity index is 515. The summed E-state index contributed by atoms with van der Waals surface area (Å²) in [4.78, 5) is 11.4. The van der Waals surface area contributed by atoms with Gasteiger partial charge >= 0.3 is 12.1 Å². The van der Waals surface area contributed by atoms with Crippen LogP contribution in [0.2, 0.25) is 0 Å². The van der Waals surface area contributed by atoms with Crippen molar-refractivity contribution in [3.63, 3.8) is 0 Å². The van der Waals surface area contributed by atoms with E-state index < -0.39 is 17.7 Å². The second-order valence-electron chi connectivity index (χ2n) is 3.51. The van der Waals surface area contributed by atoms with Gasteiger partial charge in [0.25, 0.3) is 0 Å². The van der Waals surface area contributed by atoms with Crippen molar-refractivity contribution in [1.82, 2.24) is 0 Å². The van der Waals surface area contributed by atoms with Crippen molar-refractivity contribution in [2.75, 3.05) is 7.11 Å². The van der Waals surface area contributed by atoms with Crippen molar-refractivity contribution in [2.24, 2.45) is 0 Å². The number of carbonyl (C=O) groups excluding carboxylic acids is 1. The molecule has 1 rings (SSSR count). The monoisotopic (exact) mass is 257 g/mol. The van der Waals surface area contributed by atoms with Crippen LogP contribution in [0.3, 0.4) is 0 Å². The molecular weight excluding hydrogens is 247 g/mol. The molecule has 0 heterocycles. The molecule has 0 fully saturated rings. The van der Waals surface area contributed by atoms with Gasteiger partial charge in [-0.25, -0.2) is 4.79 Å². The second kappa shape index (κ2) is 5.08. The van der Waals surface area contributed by atoms with E-state index in [1.807, 2.05) is 0 Å². The molecule has 0 aliphatic carbocycles. The number of esters is 1. The van der Waals surface area contributed by atoms with Crippen molar-refractivity contribution in [2.45, 2.75) is 19.5 Å². The average Bonchev–Trinajstić information content (AvgIpc) is 2.34. The Labute approximate surface area is 102 Å². The molecule has 0 aliphatic rings. The van der Waals surface area contributed by atoms with Gasteiger partial charge in [0.2, 0.25) is 0 Å². The van der Waals surface area contributed by atoms with E-state index in [4.69, 9.17) is 5.26 Å². The molecule has 18 heavy (non-hydrogen) atoms. The Balaban J connectivity index is 3.53. The standard InChI is InChI=1S/C12H10F3NO2/c1-3-7-4-9(11(17)18-2)8(6-16)5-10(7)12(13,14)15/h4-5H,3H2,1-2H3. The summed E-state index contributed by atoms with van der Waals surface area (Å²) in [6, 6.07) is 3.32. The summed E-state index contributed by atoms with van der Waals surface area (Å²) in [6.45, 7) is 1.54. The van der Waals surface area contributed by atoms with Gasteiger partial charge in [0.1, 0.15) is 6.07 Å². The third kappa shape index (κ3) is 2.62. The molecule has 0 spiro atoms. The van der Waals surface area contributed by atoms with Crippen molar-refractivity contribution in [3.8, 4) is 6.07 Å². The molecule has 1 aromatic rings. The fraction of sp³-hybridized carbons (Fsp3) is 0.333. The van der Waals surface area contributed by atoms with Crippen molar-refractivity contribution < 1.29 is 22.7 Å². The van der Waals surface area contributed by atoms with Crippen LogP contribution >= 0.6 is 0 Å². The zero-order valence-electron chi connectivity index (χ0n) is 9.76. The number of benzene rings is 1. The highest BCUT2D eigenvalue weighted by atomic mass is 19.4. The van der Waals surface area contributed by atoms with Crippen LogP contribution in [0, 0.1) is 11.3 Å². The summed E-state index contributed by atoms with van der Waals surface area (Å²) in [5.41, 5.74) is -1.42. The number of hydrogen-bond donors (Lipinski definition) is 0. The third-order valence-corrected chi connectivity index (χ3v) is 2.46. The van der Waals surface area contributed by atoms with Gasteiger partial charge in [0.15, 0.2) is 0 Å². The maximum absolute atomic E-state index is 12.7. The molecule has 0 amide bonds. The van der Waals surface area contributed by atoms with E-state index in [0.29, 0.717) is 6.07 Å². The molecule has 0 atom stereocenters.